The normalized spacial score (nSPS) is 23.1. The summed E-state index contributed by atoms with van der Waals surface area (Å²) in [4.78, 5) is 81.6. The van der Waals surface area contributed by atoms with Gasteiger partial charge >= 0.3 is 0 Å². The number of piperidine rings is 1. The summed E-state index contributed by atoms with van der Waals surface area (Å²) in [5.41, 5.74) is 5.55. The lowest BCUT2D eigenvalue weighted by atomic mass is 9.79. The number of fused-ring (bicyclic) bond motifs is 3. The standard InChI is InChI=1S/C36H49N7O9/c1-50-24-36-12-5-16-43(23-36)32(46)10-9-30(44)38-14-11-28(33(47)39-15-19-51-18-13-37)41-31(45)20-25-6-2-3-7-26(25)22-40-34(48)29(42-35(36)49)21-27-8-4-17-52-27/h2-4,6-10,17,28-29H,5,11-16,18-24,37H2,1H3,(H,38,44)(H,39,47)(H,40,48)(H,41,45)(H,42,49)/b10-9+/t28-,29-,36+/m0/s1. The van der Waals surface area contributed by atoms with Crippen LogP contribution in [0.5, 0.6) is 0 Å². The molecule has 3 atom stereocenters. The maximum absolute atomic E-state index is 14.0. The van der Waals surface area contributed by atoms with Gasteiger partial charge in [-0.3, -0.25) is 28.8 Å². The Morgan fingerprint density at radius 1 is 1.04 bits per heavy atom. The number of hydrogen-bond acceptors (Lipinski definition) is 10. The Labute approximate surface area is 302 Å². The molecule has 2 aliphatic rings. The summed E-state index contributed by atoms with van der Waals surface area (Å²) in [5, 5.41) is 13.9. The Morgan fingerprint density at radius 3 is 2.60 bits per heavy atom. The molecule has 7 N–H and O–H groups in total. The minimum absolute atomic E-state index is 0.00713. The van der Waals surface area contributed by atoms with Crippen LogP contribution in [0.15, 0.2) is 59.2 Å². The van der Waals surface area contributed by atoms with Gasteiger partial charge in [-0.15, -0.1) is 0 Å². The van der Waals surface area contributed by atoms with Crippen LogP contribution in [-0.2, 0) is 57.6 Å². The van der Waals surface area contributed by atoms with E-state index < -0.39 is 52.9 Å². The van der Waals surface area contributed by atoms with Crippen molar-refractivity contribution in [2.45, 2.75) is 50.7 Å². The van der Waals surface area contributed by atoms with E-state index in [2.05, 4.69) is 26.6 Å². The van der Waals surface area contributed by atoms with Gasteiger partial charge in [-0.1, -0.05) is 24.3 Å². The maximum atomic E-state index is 14.0. The van der Waals surface area contributed by atoms with Crippen LogP contribution in [0.25, 0.3) is 0 Å². The van der Waals surface area contributed by atoms with Crippen LogP contribution in [0.2, 0.25) is 0 Å². The van der Waals surface area contributed by atoms with Crippen molar-refractivity contribution in [3.05, 3.63) is 71.7 Å². The number of carbonyl (C=O) groups excluding carboxylic acids is 6. The molecule has 1 fully saturated rings. The van der Waals surface area contributed by atoms with Crippen LogP contribution in [0.4, 0.5) is 0 Å². The first kappa shape index (κ1) is 39.7. The van der Waals surface area contributed by atoms with Crippen molar-refractivity contribution in [2.24, 2.45) is 11.1 Å². The van der Waals surface area contributed by atoms with Crippen LogP contribution in [0.3, 0.4) is 0 Å². The largest absolute Gasteiger partial charge is 0.469 e. The van der Waals surface area contributed by atoms with Crippen LogP contribution < -0.4 is 32.3 Å². The first-order valence-electron chi connectivity index (χ1n) is 17.4. The van der Waals surface area contributed by atoms with Gasteiger partial charge in [0.1, 0.15) is 17.8 Å². The molecule has 2 aliphatic heterocycles. The van der Waals surface area contributed by atoms with Gasteiger partial charge in [0.15, 0.2) is 0 Å². The Hall–Kier alpha value is -5.06. The van der Waals surface area contributed by atoms with Gasteiger partial charge in [-0.25, -0.2) is 0 Å². The van der Waals surface area contributed by atoms with Crippen LogP contribution in [0.1, 0.15) is 36.1 Å². The average molecular weight is 724 g/mol. The van der Waals surface area contributed by atoms with Crippen molar-refractivity contribution < 1.29 is 42.7 Å². The maximum Gasteiger partial charge on any atom is 0.246 e. The number of rotatable bonds is 10. The summed E-state index contributed by atoms with van der Waals surface area (Å²) in [6, 6.07) is 8.41. The lowest BCUT2D eigenvalue weighted by Crippen LogP contribution is -2.59. The van der Waals surface area contributed by atoms with E-state index in [1.54, 1.807) is 36.4 Å². The highest BCUT2D eigenvalue weighted by molar-refractivity contribution is 5.97. The summed E-state index contributed by atoms with van der Waals surface area (Å²) >= 11 is 0. The molecule has 4 rings (SSSR count). The Kier molecular flexibility index (Phi) is 15.4. The van der Waals surface area contributed by atoms with E-state index in [1.807, 2.05) is 0 Å². The minimum atomic E-state index is -1.16. The topological polar surface area (TPSA) is 223 Å². The fourth-order valence-corrected chi connectivity index (χ4v) is 6.22. The van der Waals surface area contributed by atoms with Crippen molar-refractivity contribution in [1.29, 1.82) is 0 Å². The second kappa shape index (κ2) is 20.1. The lowest BCUT2D eigenvalue weighted by Gasteiger charge is -2.41. The third kappa shape index (κ3) is 11.7. The molecule has 1 aromatic carbocycles. The third-order valence-corrected chi connectivity index (χ3v) is 8.89. The molecule has 0 unspecified atom stereocenters. The molecule has 282 valence electrons. The minimum Gasteiger partial charge on any atom is -0.469 e. The lowest BCUT2D eigenvalue weighted by molar-refractivity contribution is -0.145. The molecule has 3 heterocycles. The molecule has 16 heteroatoms. The van der Waals surface area contributed by atoms with Crippen molar-refractivity contribution in [3.8, 4) is 0 Å². The number of methoxy groups -OCH3 is 1. The van der Waals surface area contributed by atoms with E-state index in [0.717, 1.165) is 12.2 Å². The average Bonchev–Trinajstić information content (AvgIpc) is 3.65. The number of hydrogen-bond donors (Lipinski definition) is 6. The zero-order valence-electron chi connectivity index (χ0n) is 29.4. The monoisotopic (exact) mass is 723 g/mol. The highest BCUT2D eigenvalue weighted by atomic mass is 16.5. The van der Waals surface area contributed by atoms with Gasteiger partial charge < -0.3 is 51.1 Å². The number of benzene rings is 1. The predicted molar refractivity (Wildman–Crippen MR) is 188 cm³/mol. The summed E-state index contributed by atoms with van der Waals surface area (Å²) in [6.07, 6.45) is 4.59. The third-order valence-electron chi connectivity index (χ3n) is 8.89. The quantitative estimate of drug-likeness (QED) is 0.165. The molecule has 1 saturated heterocycles. The molecule has 16 nitrogen and oxygen atoms in total. The molecule has 0 saturated carbocycles. The van der Waals surface area contributed by atoms with E-state index >= 15 is 0 Å². The fourth-order valence-electron chi connectivity index (χ4n) is 6.22. The highest BCUT2D eigenvalue weighted by Crippen LogP contribution is 2.31. The SMILES string of the molecule is COC[C@@]12CCCN(C1)C(=O)/C=C/C(=O)NCC[C@@H](C(=O)NCCOCCN)NC(=O)Cc1ccccc1CNC(=O)[C@H](Cc1ccco1)NC2=O. The molecular formula is C36H49N7O9. The zero-order valence-corrected chi connectivity index (χ0v) is 29.4. The Bertz CT molecular complexity index is 1560. The zero-order chi connectivity index (χ0) is 37.3. The number of carbonyl (C=O) groups is 6. The summed E-state index contributed by atoms with van der Waals surface area (Å²) in [7, 11) is 1.46. The van der Waals surface area contributed by atoms with Crippen molar-refractivity contribution in [3.63, 3.8) is 0 Å². The van der Waals surface area contributed by atoms with E-state index in [4.69, 9.17) is 19.6 Å². The van der Waals surface area contributed by atoms with Gasteiger partial charge in [0.2, 0.25) is 35.4 Å². The number of amides is 6. The predicted octanol–water partition coefficient (Wildman–Crippen LogP) is -0.927. The van der Waals surface area contributed by atoms with Gasteiger partial charge in [0.05, 0.1) is 37.9 Å². The molecule has 6 amide bonds. The van der Waals surface area contributed by atoms with E-state index in [0.29, 0.717) is 49.4 Å². The van der Waals surface area contributed by atoms with Crippen LogP contribution >= 0.6 is 0 Å². The second-order valence-electron chi connectivity index (χ2n) is 12.8. The van der Waals surface area contributed by atoms with Crippen LogP contribution in [0, 0.1) is 5.41 Å². The smallest absolute Gasteiger partial charge is 0.246 e. The number of ether oxygens (including phenoxy) is 2. The first-order valence-corrected chi connectivity index (χ1v) is 17.4. The van der Waals surface area contributed by atoms with E-state index in [-0.39, 0.29) is 58.7 Å². The molecule has 2 aromatic rings. The summed E-state index contributed by atoms with van der Waals surface area (Å²) in [6.45, 7) is 1.51. The Morgan fingerprint density at radius 2 is 1.85 bits per heavy atom. The number of furan rings is 1. The van der Waals surface area contributed by atoms with E-state index in [9.17, 15) is 28.8 Å². The first-order chi connectivity index (χ1) is 25.1. The van der Waals surface area contributed by atoms with Crippen molar-refractivity contribution in [1.82, 2.24) is 31.5 Å². The summed E-state index contributed by atoms with van der Waals surface area (Å²) < 4.78 is 16.3. The Balaban J connectivity index is 1.60. The van der Waals surface area contributed by atoms with Gasteiger partial charge in [-0.05, 0) is 42.5 Å². The number of nitrogens with one attached hydrogen (secondary N) is 5. The fraction of sp³-hybridized carbons (Fsp3) is 0.500. The van der Waals surface area contributed by atoms with Gasteiger partial charge in [0, 0.05) is 65.0 Å². The van der Waals surface area contributed by atoms with E-state index in [1.165, 1.54) is 18.3 Å². The van der Waals surface area contributed by atoms with Crippen molar-refractivity contribution in [2.75, 3.05) is 59.7 Å². The summed E-state index contributed by atoms with van der Waals surface area (Å²) in [5.74, 6) is -2.43. The molecular weight excluding hydrogens is 674 g/mol. The molecule has 0 spiro atoms. The number of nitrogens with two attached hydrogens (primary N) is 1. The van der Waals surface area contributed by atoms with Gasteiger partial charge in [-0.2, -0.15) is 0 Å². The second-order valence-corrected chi connectivity index (χ2v) is 12.8. The molecule has 1 aromatic heterocycles. The van der Waals surface area contributed by atoms with Crippen LogP contribution in [-0.4, -0.2) is 112 Å². The molecule has 52 heavy (non-hydrogen) atoms. The van der Waals surface area contributed by atoms with Gasteiger partial charge in [0.25, 0.3) is 0 Å². The molecule has 2 bridgehead atoms. The van der Waals surface area contributed by atoms with Crippen molar-refractivity contribution >= 4 is 35.4 Å². The molecule has 0 radical (unpaired) electrons. The number of nitrogens with zero attached hydrogens (tertiary/aromatic N) is 1. The molecule has 0 aliphatic carbocycles. The highest BCUT2D eigenvalue weighted by Gasteiger charge is 2.44.